The van der Waals surface area contributed by atoms with Crippen LogP contribution in [0, 0.1) is 17.7 Å². The molecule has 0 spiro atoms. The van der Waals surface area contributed by atoms with E-state index in [1.54, 1.807) is 0 Å². The second-order valence-electron chi connectivity index (χ2n) is 8.19. The molecule has 0 aromatic heterocycles. The highest BCUT2D eigenvalue weighted by Crippen LogP contribution is 2.29. The number of benzene rings is 2. The molecule has 2 heterocycles. The maximum Gasteiger partial charge on any atom is 0.225 e. The van der Waals surface area contributed by atoms with Crippen LogP contribution in [0.3, 0.4) is 0 Å². The van der Waals surface area contributed by atoms with E-state index in [1.807, 2.05) is 30.3 Å². The Balaban J connectivity index is 1.51. The van der Waals surface area contributed by atoms with Crippen LogP contribution in [0.15, 0.2) is 54.6 Å². The molecule has 2 aliphatic rings. The number of carbonyl (C=O) groups excluding carboxylic acids is 2. The molecule has 3 atom stereocenters. The molecule has 2 aromatic carbocycles. The first-order valence-electron chi connectivity index (χ1n) is 10.5. The van der Waals surface area contributed by atoms with E-state index < -0.39 is 11.8 Å². The molecular formula is C24H27FN2O3. The molecule has 30 heavy (non-hydrogen) atoms. The average Bonchev–Trinajstić information content (AvgIpc) is 3.19. The molecule has 0 aliphatic carbocycles. The Hall–Kier alpha value is -2.57. The number of rotatable bonds is 6. The smallest absolute Gasteiger partial charge is 0.225 e. The number of Topliss-reactive ketones (excluding diaryl/α,β-unsaturated/α-hetero) is 1. The third-order valence-corrected chi connectivity index (χ3v) is 5.95. The van der Waals surface area contributed by atoms with Crippen LogP contribution in [-0.4, -0.2) is 48.9 Å². The number of nitrogens with one attached hydrogen (secondary N) is 1. The van der Waals surface area contributed by atoms with Crippen molar-refractivity contribution in [2.75, 3.05) is 26.3 Å². The number of nitrogens with zero attached hydrogens (tertiary/aromatic N) is 1. The van der Waals surface area contributed by atoms with E-state index in [9.17, 15) is 14.0 Å². The maximum atomic E-state index is 13.3. The lowest BCUT2D eigenvalue weighted by atomic mass is 9.87. The lowest BCUT2D eigenvalue weighted by molar-refractivity contribution is -0.127. The number of hydrogen-bond donors (Lipinski definition) is 1. The van der Waals surface area contributed by atoms with Gasteiger partial charge in [0.05, 0.1) is 18.6 Å². The Labute approximate surface area is 176 Å². The molecule has 6 heteroatoms. The summed E-state index contributed by atoms with van der Waals surface area (Å²) >= 11 is 0. The highest BCUT2D eigenvalue weighted by molar-refractivity contribution is 6.01. The van der Waals surface area contributed by atoms with E-state index in [2.05, 4.69) is 10.2 Å². The van der Waals surface area contributed by atoms with Gasteiger partial charge in [0.25, 0.3) is 0 Å². The summed E-state index contributed by atoms with van der Waals surface area (Å²) in [5, 5.41) is 3.09. The quantitative estimate of drug-likeness (QED) is 0.744. The van der Waals surface area contributed by atoms with Gasteiger partial charge in [0.15, 0.2) is 5.78 Å². The Bertz CT molecular complexity index is 866. The molecule has 2 fully saturated rings. The molecular weight excluding hydrogens is 383 g/mol. The lowest BCUT2D eigenvalue weighted by Crippen LogP contribution is -2.46. The first-order valence-corrected chi connectivity index (χ1v) is 10.5. The predicted molar refractivity (Wildman–Crippen MR) is 111 cm³/mol. The topological polar surface area (TPSA) is 58.6 Å². The van der Waals surface area contributed by atoms with Crippen LogP contribution in [0.2, 0.25) is 0 Å². The zero-order valence-corrected chi connectivity index (χ0v) is 16.9. The molecule has 2 aliphatic heterocycles. The van der Waals surface area contributed by atoms with E-state index in [4.69, 9.17) is 4.74 Å². The summed E-state index contributed by atoms with van der Waals surface area (Å²) in [5.74, 6) is -1.47. The van der Waals surface area contributed by atoms with Crippen LogP contribution in [0.1, 0.15) is 28.8 Å². The van der Waals surface area contributed by atoms with E-state index >= 15 is 0 Å². The number of likely N-dealkylation sites (tertiary alicyclic amines) is 1. The van der Waals surface area contributed by atoms with Gasteiger partial charge in [0.1, 0.15) is 5.82 Å². The van der Waals surface area contributed by atoms with Crippen molar-refractivity contribution >= 4 is 11.7 Å². The van der Waals surface area contributed by atoms with Crippen molar-refractivity contribution in [2.45, 2.75) is 25.4 Å². The predicted octanol–water partition coefficient (Wildman–Crippen LogP) is 3.05. The molecule has 158 valence electrons. The third-order valence-electron chi connectivity index (χ3n) is 5.95. The van der Waals surface area contributed by atoms with Gasteiger partial charge in [-0.25, -0.2) is 4.39 Å². The van der Waals surface area contributed by atoms with Gasteiger partial charge in [-0.1, -0.05) is 30.3 Å². The van der Waals surface area contributed by atoms with Crippen molar-refractivity contribution in [1.29, 1.82) is 0 Å². The van der Waals surface area contributed by atoms with Crippen LogP contribution >= 0.6 is 0 Å². The molecule has 2 aromatic rings. The number of amides is 1. The second kappa shape index (κ2) is 9.49. The van der Waals surface area contributed by atoms with Gasteiger partial charge < -0.3 is 10.1 Å². The van der Waals surface area contributed by atoms with Crippen molar-refractivity contribution < 1.29 is 18.7 Å². The monoisotopic (exact) mass is 410 g/mol. The first kappa shape index (κ1) is 20.7. The second-order valence-corrected chi connectivity index (χ2v) is 8.19. The van der Waals surface area contributed by atoms with Crippen molar-refractivity contribution in [2.24, 2.45) is 11.8 Å². The van der Waals surface area contributed by atoms with Gasteiger partial charge in [0.2, 0.25) is 5.91 Å². The number of ketones is 1. The minimum absolute atomic E-state index is 0.00371. The van der Waals surface area contributed by atoms with Crippen LogP contribution in [-0.2, 0) is 16.1 Å². The molecule has 1 amide bonds. The number of carbonyl (C=O) groups is 2. The van der Waals surface area contributed by atoms with Crippen LogP contribution < -0.4 is 5.32 Å². The van der Waals surface area contributed by atoms with E-state index in [-0.39, 0.29) is 23.5 Å². The standard InChI is InChI=1S/C24H27FN2O3/c25-19-10-8-18(9-11-19)23(28)21-14-27(13-17-5-2-1-3-6-17)15-22(21)24(29)26-20-7-4-12-30-16-20/h1-3,5-6,8-11,20-22H,4,7,12-16H2,(H,26,29)/t20?,21-,22-/m1/s1. The van der Waals surface area contributed by atoms with Gasteiger partial charge in [0, 0.05) is 37.7 Å². The molecule has 4 rings (SSSR count). The summed E-state index contributed by atoms with van der Waals surface area (Å²) in [5.41, 5.74) is 1.59. The van der Waals surface area contributed by atoms with Crippen LogP contribution in [0.25, 0.3) is 0 Å². The fraction of sp³-hybridized carbons (Fsp3) is 0.417. The molecule has 0 bridgehead atoms. The summed E-state index contributed by atoms with van der Waals surface area (Å²) in [6.07, 6.45) is 1.82. The zero-order valence-electron chi connectivity index (χ0n) is 16.9. The summed E-state index contributed by atoms with van der Waals surface area (Å²) in [4.78, 5) is 28.5. The highest BCUT2D eigenvalue weighted by atomic mass is 19.1. The van der Waals surface area contributed by atoms with Crippen LogP contribution in [0.4, 0.5) is 4.39 Å². The first-order chi connectivity index (χ1) is 14.6. The summed E-state index contributed by atoms with van der Waals surface area (Å²) in [7, 11) is 0. The van der Waals surface area contributed by atoms with Gasteiger partial charge in [-0.3, -0.25) is 14.5 Å². The normalized spacial score (nSPS) is 24.5. The molecule has 0 saturated carbocycles. The highest BCUT2D eigenvalue weighted by Gasteiger charge is 2.42. The Morgan fingerprint density at radius 1 is 1.03 bits per heavy atom. The van der Waals surface area contributed by atoms with E-state index in [1.165, 1.54) is 24.3 Å². The Kier molecular flexibility index (Phi) is 6.55. The molecule has 5 nitrogen and oxygen atoms in total. The lowest BCUT2D eigenvalue weighted by Gasteiger charge is -2.26. The summed E-state index contributed by atoms with van der Waals surface area (Å²) in [6, 6.07) is 15.6. The zero-order chi connectivity index (χ0) is 20.9. The molecule has 2 saturated heterocycles. The number of hydrogen-bond acceptors (Lipinski definition) is 4. The number of ether oxygens (including phenoxy) is 1. The molecule has 0 radical (unpaired) electrons. The van der Waals surface area contributed by atoms with Crippen molar-refractivity contribution in [3.63, 3.8) is 0 Å². The number of halogens is 1. The fourth-order valence-electron chi connectivity index (χ4n) is 4.38. The Morgan fingerprint density at radius 2 is 1.77 bits per heavy atom. The largest absolute Gasteiger partial charge is 0.379 e. The molecule has 1 unspecified atom stereocenters. The van der Waals surface area contributed by atoms with Gasteiger partial charge in [-0.05, 0) is 42.7 Å². The van der Waals surface area contributed by atoms with Gasteiger partial charge in [-0.2, -0.15) is 0 Å². The van der Waals surface area contributed by atoms with Gasteiger partial charge in [-0.15, -0.1) is 0 Å². The Morgan fingerprint density at radius 3 is 2.47 bits per heavy atom. The van der Waals surface area contributed by atoms with Crippen molar-refractivity contribution in [3.05, 3.63) is 71.5 Å². The SMILES string of the molecule is O=C(NC1CCCOC1)[C@@H]1CN(Cc2ccccc2)C[C@H]1C(=O)c1ccc(F)cc1. The molecule has 1 N–H and O–H groups in total. The summed E-state index contributed by atoms with van der Waals surface area (Å²) < 4.78 is 18.8. The van der Waals surface area contributed by atoms with Gasteiger partial charge >= 0.3 is 0 Å². The minimum atomic E-state index is -0.455. The summed E-state index contributed by atoms with van der Waals surface area (Å²) in [6.45, 7) is 2.95. The van der Waals surface area contributed by atoms with E-state index in [0.717, 1.165) is 25.0 Å². The maximum absolute atomic E-state index is 13.3. The average molecular weight is 410 g/mol. The van der Waals surface area contributed by atoms with Crippen molar-refractivity contribution in [1.82, 2.24) is 10.2 Å². The third kappa shape index (κ3) is 4.94. The minimum Gasteiger partial charge on any atom is -0.379 e. The van der Waals surface area contributed by atoms with Crippen LogP contribution in [0.5, 0.6) is 0 Å². The fourth-order valence-corrected chi connectivity index (χ4v) is 4.38. The van der Waals surface area contributed by atoms with E-state index in [0.29, 0.717) is 31.8 Å². The van der Waals surface area contributed by atoms with Crippen molar-refractivity contribution in [3.8, 4) is 0 Å².